The van der Waals surface area contributed by atoms with Gasteiger partial charge in [-0.2, -0.15) is 0 Å². The second-order valence-electron chi connectivity index (χ2n) is 5.20. The molecule has 0 spiro atoms. The van der Waals surface area contributed by atoms with Crippen molar-refractivity contribution in [2.24, 2.45) is 0 Å². The van der Waals surface area contributed by atoms with Crippen LogP contribution in [0.25, 0.3) is 0 Å². The highest BCUT2D eigenvalue weighted by Gasteiger charge is 2.04. The minimum atomic E-state index is 0.00954. The topological polar surface area (TPSA) is 51.3 Å². The van der Waals surface area contributed by atoms with E-state index in [1.165, 1.54) is 11.6 Å². The first kappa shape index (κ1) is 15.3. The second-order valence-corrected chi connectivity index (χ2v) is 5.20. The number of nitrogens with zero attached hydrogens (tertiary/aromatic N) is 2. The van der Waals surface area contributed by atoms with Crippen molar-refractivity contribution in [3.8, 4) is 0 Å². The van der Waals surface area contributed by atoms with E-state index in [1.54, 1.807) is 16.8 Å². The number of nitrogens with two attached hydrogens (primary N) is 1. The molecule has 0 saturated carbocycles. The van der Waals surface area contributed by atoms with Gasteiger partial charge in [0.15, 0.2) is 0 Å². The molecule has 0 atom stereocenters. The molecule has 2 aromatic rings. The highest BCUT2D eigenvalue weighted by atomic mass is 16.1. The van der Waals surface area contributed by atoms with Crippen molar-refractivity contribution in [1.29, 1.82) is 0 Å². The molecular formula is C17H23N3O. The summed E-state index contributed by atoms with van der Waals surface area (Å²) in [6, 6.07) is 13.6. The summed E-state index contributed by atoms with van der Waals surface area (Å²) in [5.74, 6) is 0. The molecule has 2 N–H and O–H groups in total. The molecule has 0 aliphatic rings. The van der Waals surface area contributed by atoms with Crippen molar-refractivity contribution in [3.63, 3.8) is 0 Å². The van der Waals surface area contributed by atoms with E-state index >= 15 is 0 Å². The molecule has 4 nitrogen and oxygen atoms in total. The van der Waals surface area contributed by atoms with E-state index in [0.29, 0.717) is 12.2 Å². The Morgan fingerprint density at radius 3 is 2.62 bits per heavy atom. The van der Waals surface area contributed by atoms with Crippen LogP contribution in [0, 0.1) is 0 Å². The maximum Gasteiger partial charge on any atom is 0.250 e. The fourth-order valence-corrected chi connectivity index (χ4v) is 2.38. The van der Waals surface area contributed by atoms with Crippen LogP contribution in [0.15, 0.2) is 53.5 Å². The number of aryl methyl sites for hydroxylation is 1. The Morgan fingerprint density at radius 2 is 1.90 bits per heavy atom. The molecule has 0 unspecified atom stereocenters. The summed E-state index contributed by atoms with van der Waals surface area (Å²) in [6.45, 7) is 5.78. The number of rotatable bonds is 7. The third-order valence-corrected chi connectivity index (χ3v) is 3.58. The average Bonchev–Trinajstić information content (AvgIpc) is 2.50. The molecule has 0 amide bonds. The molecule has 0 bridgehead atoms. The van der Waals surface area contributed by atoms with Crippen LogP contribution >= 0.6 is 0 Å². The predicted octanol–water partition coefficient (Wildman–Crippen LogP) is 2.34. The fourth-order valence-electron chi connectivity index (χ4n) is 2.38. The number of hydrogen-bond donors (Lipinski definition) is 1. The van der Waals surface area contributed by atoms with Crippen LogP contribution in [0.4, 0.5) is 5.69 Å². The lowest BCUT2D eigenvalue weighted by Gasteiger charge is -2.20. The first-order chi connectivity index (χ1) is 10.2. The summed E-state index contributed by atoms with van der Waals surface area (Å²) in [5, 5.41) is 0. The lowest BCUT2D eigenvalue weighted by Crippen LogP contribution is -2.26. The van der Waals surface area contributed by atoms with Gasteiger partial charge in [0.05, 0.1) is 0 Å². The van der Waals surface area contributed by atoms with Gasteiger partial charge in [0.2, 0.25) is 0 Å². The third-order valence-electron chi connectivity index (χ3n) is 3.58. The van der Waals surface area contributed by atoms with E-state index in [0.717, 1.165) is 26.1 Å². The van der Waals surface area contributed by atoms with E-state index in [2.05, 4.69) is 36.1 Å². The molecule has 0 saturated heterocycles. The SMILES string of the molecule is CCN(CCCn1cc(N)ccc1=O)Cc1ccccc1. The monoisotopic (exact) mass is 285 g/mol. The Kier molecular flexibility index (Phi) is 5.58. The smallest absolute Gasteiger partial charge is 0.250 e. The van der Waals surface area contributed by atoms with Crippen molar-refractivity contribution in [2.75, 3.05) is 18.8 Å². The van der Waals surface area contributed by atoms with Crippen LogP contribution in [-0.2, 0) is 13.1 Å². The lowest BCUT2D eigenvalue weighted by atomic mass is 10.2. The van der Waals surface area contributed by atoms with Crippen molar-refractivity contribution in [2.45, 2.75) is 26.4 Å². The van der Waals surface area contributed by atoms with Crippen LogP contribution in [0.5, 0.6) is 0 Å². The Hall–Kier alpha value is -2.07. The Bertz CT molecular complexity index is 607. The van der Waals surface area contributed by atoms with E-state index in [1.807, 2.05) is 6.07 Å². The van der Waals surface area contributed by atoms with E-state index in [-0.39, 0.29) is 5.56 Å². The molecule has 2 rings (SSSR count). The zero-order valence-electron chi connectivity index (χ0n) is 12.5. The Morgan fingerprint density at radius 1 is 1.14 bits per heavy atom. The van der Waals surface area contributed by atoms with Crippen LogP contribution in [-0.4, -0.2) is 22.6 Å². The third kappa shape index (κ3) is 4.76. The van der Waals surface area contributed by atoms with Crippen LogP contribution in [0.2, 0.25) is 0 Å². The number of benzene rings is 1. The lowest BCUT2D eigenvalue weighted by molar-refractivity contribution is 0.270. The van der Waals surface area contributed by atoms with Gasteiger partial charge in [-0.1, -0.05) is 37.3 Å². The predicted molar refractivity (Wildman–Crippen MR) is 87.1 cm³/mol. The van der Waals surface area contributed by atoms with E-state index in [9.17, 15) is 4.79 Å². The normalized spacial score (nSPS) is 11.0. The largest absolute Gasteiger partial charge is 0.398 e. The van der Waals surface area contributed by atoms with E-state index in [4.69, 9.17) is 5.73 Å². The number of hydrogen-bond acceptors (Lipinski definition) is 3. The van der Waals surface area contributed by atoms with Gasteiger partial charge < -0.3 is 10.3 Å². The Labute approximate surface area is 125 Å². The number of pyridine rings is 1. The first-order valence-corrected chi connectivity index (χ1v) is 7.41. The Balaban J connectivity index is 1.86. The fraction of sp³-hybridized carbons (Fsp3) is 0.353. The van der Waals surface area contributed by atoms with Crippen LogP contribution in [0.3, 0.4) is 0 Å². The van der Waals surface area contributed by atoms with Gasteiger partial charge in [-0.25, -0.2) is 0 Å². The second kappa shape index (κ2) is 7.64. The first-order valence-electron chi connectivity index (χ1n) is 7.41. The molecule has 21 heavy (non-hydrogen) atoms. The average molecular weight is 285 g/mol. The highest BCUT2D eigenvalue weighted by molar-refractivity contribution is 5.33. The molecule has 112 valence electrons. The minimum Gasteiger partial charge on any atom is -0.398 e. The summed E-state index contributed by atoms with van der Waals surface area (Å²) in [4.78, 5) is 14.1. The van der Waals surface area contributed by atoms with Crippen LogP contribution in [0.1, 0.15) is 18.9 Å². The maximum atomic E-state index is 11.7. The van der Waals surface area contributed by atoms with Crippen molar-refractivity contribution in [3.05, 3.63) is 64.6 Å². The molecular weight excluding hydrogens is 262 g/mol. The zero-order chi connectivity index (χ0) is 15.1. The number of nitrogen functional groups attached to an aromatic ring is 1. The molecule has 1 aromatic heterocycles. The van der Waals surface area contributed by atoms with Gasteiger partial charge in [-0.15, -0.1) is 0 Å². The van der Waals surface area contributed by atoms with Crippen molar-refractivity contribution >= 4 is 5.69 Å². The molecule has 0 aliphatic heterocycles. The molecule has 0 fully saturated rings. The standard InChI is InChI=1S/C17H23N3O/c1-2-19(13-15-7-4-3-5-8-15)11-6-12-20-14-16(18)9-10-17(20)21/h3-5,7-10,14H,2,6,11-13,18H2,1H3. The van der Waals surface area contributed by atoms with Gasteiger partial charge in [0.25, 0.3) is 5.56 Å². The number of aromatic nitrogens is 1. The highest BCUT2D eigenvalue weighted by Crippen LogP contribution is 2.05. The van der Waals surface area contributed by atoms with Crippen molar-refractivity contribution < 1.29 is 0 Å². The summed E-state index contributed by atoms with van der Waals surface area (Å²) in [5.41, 5.74) is 7.68. The summed E-state index contributed by atoms with van der Waals surface area (Å²) in [6.07, 6.45) is 2.65. The van der Waals surface area contributed by atoms with Gasteiger partial charge in [0, 0.05) is 37.6 Å². The molecule has 1 heterocycles. The minimum absolute atomic E-state index is 0.00954. The van der Waals surface area contributed by atoms with E-state index < -0.39 is 0 Å². The quantitative estimate of drug-likeness (QED) is 0.849. The molecule has 0 radical (unpaired) electrons. The van der Waals surface area contributed by atoms with Crippen LogP contribution < -0.4 is 11.3 Å². The summed E-state index contributed by atoms with van der Waals surface area (Å²) < 4.78 is 1.69. The summed E-state index contributed by atoms with van der Waals surface area (Å²) >= 11 is 0. The molecule has 1 aromatic carbocycles. The van der Waals surface area contributed by atoms with Gasteiger partial charge in [0.1, 0.15) is 0 Å². The van der Waals surface area contributed by atoms with Gasteiger partial charge >= 0.3 is 0 Å². The van der Waals surface area contributed by atoms with Crippen molar-refractivity contribution in [1.82, 2.24) is 9.47 Å². The molecule has 0 aliphatic carbocycles. The van der Waals surface area contributed by atoms with Gasteiger partial charge in [-0.3, -0.25) is 9.69 Å². The number of anilines is 1. The maximum absolute atomic E-state index is 11.7. The molecule has 4 heteroatoms. The van der Waals surface area contributed by atoms with Gasteiger partial charge in [-0.05, 0) is 24.6 Å². The summed E-state index contributed by atoms with van der Waals surface area (Å²) in [7, 11) is 0. The zero-order valence-corrected chi connectivity index (χ0v) is 12.5.